The summed E-state index contributed by atoms with van der Waals surface area (Å²) in [6.07, 6.45) is -0.0642. The maximum Gasteiger partial charge on any atom is 0.442 e. The molecule has 62 heavy (non-hydrogen) atoms. The Bertz CT molecular complexity index is 2530. The lowest BCUT2D eigenvalue weighted by Gasteiger charge is -2.21. The number of halogens is 2. The summed E-state index contributed by atoms with van der Waals surface area (Å²) in [4.78, 5) is 67.8. The van der Waals surface area contributed by atoms with E-state index in [4.69, 9.17) is 32.4 Å². The summed E-state index contributed by atoms with van der Waals surface area (Å²) >= 11 is 12.3. The van der Waals surface area contributed by atoms with Gasteiger partial charge in [0.05, 0.1) is 33.0 Å². The fraction of sp³-hybridized carbons (Fsp3) is 0.422. The Morgan fingerprint density at radius 1 is 0.742 bits per heavy atom. The minimum absolute atomic E-state index is 0.0260. The smallest absolute Gasteiger partial charge is 0.442 e. The van der Waals surface area contributed by atoms with Crippen LogP contribution in [0.15, 0.2) is 67.7 Å². The van der Waals surface area contributed by atoms with E-state index in [-0.39, 0.29) is 51.3 Å². The van der Waals surface area contributed by atoms with E-state index >= 15 is 0 Å². The predicted molar refractivity (Wildman–Crippen MR) is 239 cm³/mol. The molecule has 2 aliphatic rings. The van der Waals surface area contributed by atoms with E-state index in [1.54, 1.807) is 44.2 Å². The number of aromatic carboxylic acids is 2. The van der Waals surface area contributed by atoms with E-state index in [1.165, 1.54) is 12.1 Å². The van der Waals surface area contributed by atoms with Crippen molar-refractivity contribution in [3.8, 4) is 11.4 Å². The molecule has 332 valence electrons. The fourth-order valence-electron chi connectivity index (χ4n) is 5.97. The van der Waals surface area contributed by atoms with Crippen molar-refractivity contribution in [2.45, 2.75) is 113 Å². The number of aliphatic imine (C=N–C) groups is 2. The Balaban J connectivity index is 0.000000205. The second-order valence-electron chi connectivity index (χ2n) is 17.4. The number of rotatable bonds is 9. The minimum Gasteiger partial charge on any atom is -0.489 e. The first kappa shape index (κ1) is 48.9. The number of amidine groups is 2. The third-order valence-corrected chi connectivity index (χ3v) is 11.0. The number of nitrogens with one attached hydrogen (secondary N) is 2. The summed E-state index contributed by atoms with van der Waals surface area (Å²) in [5, 5.41) is 28.8. The van der Waals surface area contributed by atoms with Crippen molar-refractivity contribution in [1.82, 2.24) is 20.4 Å². The van der Waals surface area contributed by atoms with Crippen molar-refractivity contribution < 1.29 is 38.5 Å². The molecule has 6 rings (SSSR count). The van der Waals surface area contributed by atoms with Gasteiger partial charge in [-0.05, 0) is 77.6 Å². The normalized spacial score (nSPS) is 18.4. The van der Waals surface area contributed by atoms with Crippen LogP contribution in [0.5, 0.6) is 5.75 Å². The van der Waals surface area contributed by atoms with Crippen LogP contribution in [-0.4, -0.2) is 72.6 Å². The van der Waals surface area contributed by atoms with Gasteiger partial charge in [0, 0.05) is 22.6 Å². The molecule has 2 unspecified atom stereocenters. The Morgan fingerprint density at radius 3 is 1.69 bits per heavy atom. The second-order valence-corrected chi connectivity index (χ2v) is 18.2. The number of carboxylic acids is 2. The van der Waals surface area contributed by atoms with Crippen LogP contribution in [0.2, 0.25) is 10.0 Å². The molecule has 0 saturated carbocycles. The number of hydrogen-bond acceptors (Lipinski definition) is 10. The van der Waals surface area contributed by atoms with Gasteiger partial charge in [-0.3, -0.25) is 19.6 Å². The van der Waals surface area contributed by atoms with Gasteiger partial charge in [-0.15, -0.1) is 5.10 Å². The van der Waals surface area contributed by atoms with Crippen molar-refractivity contribution in [2.75, 3.05) is 0 Å². The molecule has 15 nitrogen and oxygen atoms in total. The molecule has 2 amide bonds. The maximum atomic E-state index is 12.1. The van der Waals surface area contributed by atoms with Crippen molar-refractivity contribution >= 4 is 58.6 Å². The van der Waals surface area contributed by atoms with Crippen LogP contribution in [0, 0.1) is 25.7 Å². The first-order valence-electron chi connectivity index (χ1n) is 19.9. The average molecular weight is 894 g/mol. The van der Waals surface area contributed by atoms with Crippen LogP contribution in [0.25, 0.3) is 5.69 Å². The van der Waals surface area contributed by atoms with Crippen molar-refractivity contribution in [3.05, 3.63) is 108 Å². The third kappa shape index (κ3) is 10.6. The standard InChI is InChI=1S/C15H18Cl2N2O3.2C15H18N2O3/c1-8(2)21-12-7-11(9(16)6-10(12)17)19-14(20)22-13(18-19)15(3,4)5;1-8(2)15(4)14(20)16-12(17-15)11-7-9(3)5-6-10(11)13(18)19;1-8(2)15(4)14(20)16-12(17-15)10-6-5-9(3)7-11(10)13(18)19/h6-8H,1-5H3;2*5-8H,1-4H3,(H,18,19)(H,16,17,20). The highest BCUT2D eigenvalue weighted by molar-refractivity contribution is 6.36. The lowest BCUT2D eigenvalue weighted by atomic mass is 9.89. The molecule has 17 heteroatoms. The van der Waals surface area contributed by atoms with Crippen LogP contribution >= 0.6 is 23.2 Å². The zero-order chi connectivity index (χ0) is 46.8. The van der Waals surface area contributed by atoms with E-state index in [1.807, 2.05) is 82.2 Å². The molecule has 0 fully saturated rings. The van der Waals surface area contributed by atoms with Gasteiger partial charge in [0.15, 0.2) is 0 Å². The van der Waals surface area contributed by atoms with Gasteiger partial charge in [-0.25, -0.2) is 14.4 Å². The van der Waals surface area contributed by atoms with Gasteiger partial charge in [0.2, 0.25) is 5.89 Å². The highest BCUT2D eigenvalue weighted by Crippen LogP contribution is 2.34. The first-order valence-corrected chi connectivity index (χ1v) is 20.6. The molecule has 4 aromatic rings. The molecular weight excluding hydrogens is 839 g/mol. The van der Waals surface area contributed by atoms with Crippen molar-refractivity contribution in [1.29, 1.82) is 0 Å². The monoisotopic (exact) mass is 892 g/mol. The molecule has 0 radical (unpaired) electrons. The molecule has 2 aliphatic heterocycles. The van der Waals surface area contributed by atoms with E-state index in [9.17, 15) is 34.2 Å². The SMILES string of the molecule is CC(C)Oc1cc(-n2nc(C(C)(C)C)oc2=O)c(Cl)cc1Cl.Cc1ccc(C(=O)O)c(C2=NC(C)(C(C)C)C(=O)N2)c1.Cc1ccc(C2=NC(C)(C(C)C)C(=O)N2)c(C(=O)O)c1. The molecule has 1 aromatic heterocycles. The largest absolute Gasteiger partial charge is 0.489 e. The minimum atomic E-state index is -1.03. The molecule has 2 atom stereocenters. The summed E-state index contributed by atoms with van der Waals surface area (Å²) in [6, 6.07) is 13.2. The van der Waals surface area contributed by atoms with Crippen LogP contribution in [0.1, 0.15) is 125 Å². The predicted octanol–water partition coefficient (Wildman–Crippen LogP) is 8.19. The fourth-order valence-corrected chi connectivity index (χ4v) is 6.48. The van der Waals surface area contributed by atoms with Gasteiger partial charge in [0.1, 0.15) is 28.5 Å². The van der Waals surface area contributed by atoms with Crippen molar-refractivity contribution in [3.63, 3.8) is 0 Å². The number of hydrogen-bond donors (Lipinski definition) is 4. The number of benzene rings is 3. The van der Waals surface area contributed by atoms with Crippen LogP contribution in [0.4, 0.5) is 0 Å². The molecule has 0 saturated heterocycles. The average Bonchev–Trinajstić information content (AvgIpc) is 3.81. The van der Waals surface area contributed by atoms with Crippen LogP contribution in [0.3, 0.4) is 0 Å². The number of amides is 2. The quantitative estimate of drug-likeness (QED) is 0.126. The number of carbonyl (C=O) groups is 4. The lowest BCUT2D eigenvalue weighted by Crippen LogP contribution is -2.41. The molecule has 0 spiro atoms. The summed E-state index contributed by atoms with van der Waals surface area (Å²) < 4.78 is 11.9. The summed E-state index contributed by atoms with van der Waals surface area (Å²) in [7, 11) is 0. The molecule has 4 N–H and O–H groups in total. The number of ether oxygens (including phenoxy) is 1. The Morgan fingerprint density at radius 2 is 1.24 bits per heavy atom. The highest BCUT2D eigenvalue weighted by Gasteiger charge is 2.43. The first-order chi connectivity index (χ1) is 28.6. The number of aromatic nitrogens is 2. The van der Waals surface area contributed by atoms with Gasteiger partial charge >= 0.3 is 17.7 Å². The van der Waals surface area contributed by atoms with Crippen molar-refractivity contribution in [2.24, 2.45) is 21.8 Å². The number of aryl methyl sites for hydroxylation is 2. The topological polar surface area (TPSA) is 215 Å². The van der Waals surface area contributed by atoms with E-state index in [0.717, 1.165) is 15.8 Å². The van der Waals surface area contributed by atoms with Gasteiger partial charge in [0.25, 0.3) is 11.8 Å². The third-order valence-electron chi connectivity index (χ3n) is 10.4. The molecule has 0 bridgehead atoms. The van der Waals surface area contributed by atoms with Gasteiger partial charge in [-0.1, -0.05) is 101 Å². The van der Waals surface area contributed by atoms with Crippen LogP contribution in [-0.2, 0) is 15.0 Å². The summed E-state index contributed by atoms with van der Waals surface area (Å²) in [5.41, 5.74) is 1.23. The van der Waals surface area contributed by atoms with Gasteiger partial charge < -0.3 is 30.0 Å². The molecule has 3 heterocycles. The van der Waals surface area contributed by atoms with E-state index < -0.39 is 28.8 Å². The Hall–Kier alpha value is -5.80. The summed E-state index contributed by atoms with van der Waals surface area (Å²) in [5.74, 6) is -1.57. The number of carbonyl (C=O) groups excluding carboxylic acids is 2. The lowest BCUT2D eigenvalue weighted by molar-refractivity contribution is -0.125. The second kappa shape index (κ2) is 18.7. The zero-order valence-electron chi connectivity index (χ0n) is 37.1. The Labute approximate surface area is 370 Å². The molecule has 3 aromatic carbocycles. The maximum absolute atomic E-state index is 12.1. The zero-order valence-corrected chi connectivity index (χ0v) is 38.7. The summed E-state index contributed by atoms with van der Waals surface area (Å²) in [6.45, 7) is 24.3. The van der Waals surface area contributed by atoms with Gasteiger partial charge in [-0.2, -0.15) is 4.68 Å². The number of nitrogens with zero attached hydrogens (tertiary/aromatic N) is 4. The molecular formula is C45H54Cl2N6O9. The highest BCUT2D eigenvalue weighted by atomic mass is 35.5. The van der Waals surface area contributed by atoms with E-state index in [0.29, 0.717) is 45.1 Å². The Kier molecular flexibility index (Phi) is 14.7. The molecule has 0 aliphatic carbocycles. The van der Waals surface area contributed by atoms with E-state index in [2.05, 4.69) is 25.7 Å². The number of carboxylic acid groups (broad SMARTS) is 2. The van der Waals surface area contributed by atoms with Crippen LogP contribution < -0.4 is 21.1 Å².